The Morgan fingerprint density at radius 3 is 2.67 bits per heavy atom. The van der Waals surface area contributed by atoms with Crippen molar-refractivity contribution in [2.24, 2.45) is 0 Å². The molecule has 1 amide bonds. The van der Waals surface area contributed by atoms with E-state index >= 15 is 0 Å². The van der Waals surface area contributed by atoms with Crippen LogP contribution in [0.5, 0.6) is 0 Å². The zero-order valence-corrected chi connectivity index (χ0v) is 16.8. The van der Waals surface area contributed by atoms with Crippen LogP contribution >= 0.6 is 22.6 Å². The number of anilines is 1. The number of carbonyl (C=O) groups excluding carboxylic acids is 1. The van der Waals surface area contributed by atoms with Gasteiger partial charge in [-0.15, -0.1) is 0 Å². The normalized spacial score (nSPS) is 15.1. The molecule has 0 radical (unpaired) electrons. The fraction of sp³-hybridized carbons (Fsp3) is 0.238. The summed E-state index contributed by atoms with van der Waals surface area (Å²) < 4.78 is 14.6. The molecule has 3 aromatic rings. The lowest BCUT2D eigenvalue weighted by Gasteiger charge is -2.33. The van der Waals surface area contributed by atoms with Crippen molar-refractivity contribution in [1.82, 2.24) is 10.3 Å². The fourth-order valence-electron chi connectivity index (χ4n) is 3.56. The molecule has 1 aliphatic heterocycles. The fourth-order valence-corrected chi connectivity index (χ4v) is 4.27. The maximum atomic E-state index is 14.0. The van der Waals surface area contributed by atoms with Gasteiger partial charge in [-0.3, -0.25) is 4.79 Å². The first-order valence-electron chi connectivity index (χ1n) is 8.97. The number of nitrogens with zero attached hydrogens (tertiary/aromatic N) is 2. The minimum absolute atomic E-state index is 0.0409. The molecule has 1 N–H and O–H groups in total. The summed E-state index contributed by atoms with van der Waals surface area (Å²) in [5.74, 6) is 0.178. The number of amides is 1. The molecule has 2 heterocycles. The second-order valence-corrected chi connectivity index (χ2v) is 7.85. The van der Waals surface area contributed by atoms with Crippen molar-refractivity contribution in [3.05, 3.63) is 69.7 Å². The van der Waals surface area contributed by atoms with Gasteiger partial charge in [0.2, 0.25) is 0 Å². The number of pyridine rings is 1. The molecule has 27 heavy (non-hydrogen) atoms. The van der Waals surface area contributed by atoms with E-state index in [-0.39, 0.29) is 17.5 Å². The topological polar surface area (TPSA) is 45.2 Å². The standard InChI is InChI=1S/C21H19FIN3O/c22-17-6-3-7-18(23)19(17)21(27)25-15-9-12-26(13-10-15)20-16-5-2-1-4-14(16)8-11-24-20/h1-8,11,15H,9-10,12-13H2,(H,25,27). The van der Waals surface area contributed by atoms with Gasteiger partial charge in [0.05, 0.1) is 5.56 Å². The molecule has 0 atom stereocenters. The molecule has 0 saturated carbocycles. The predicted octanol–water partition coefficient (Wildman–Crippen LogP) is 4.38. The van der Waals surface area contributed by atoms with Crippen LogP contribution in [0.15, 0.2) is 54.7 Å². The number of halogens is 2. The number of piperidine rings is 1. The zero-order valence-electron chi connectivity index (χ0n) is 14.7. The third-order valence-corrected chi connectivity index (χ3v) is 5.87. The molecular weight excluding hydrogens is 456 g/mol. The van der Waals surface area contributed by atoms with Crippen LogP contribution in [0.4, 0.5) is 10.2 Å². The van der Waals surface area contributed by atoms with Crippen LogP contribution in [-0.4, -0.2) is 30.0 Å². The Kier molecular flexibility index (Phi) is 5.24. The van der Waals surface area contributed by atoms with E-state index in [4.69, 9.17) is 0 Å². The lowest BCUT2D eigenvalue weighted by atomic mass is 10.0. The summed E-state index contributed by atoms with van der Waals surface area (Å²) in [6.07, 6.45) is 3.45. The summed E-state index contributed by atoms with van der Waals surface area (Å²) >= 11 is 2.00. The maximum Gasteiger partial charge on any atom is 0.255 e. The molecule has 0 spiro atoms. The second-order valence-electron chi connectivity index (χ2n) is 6.69. The molecule has 1 fully saturated rings. The number of carbonyl (C=O) groups is 1. The minimum Gasteiger partial charge on any atom is -0.356 e. The molecule has 4 rings (SSSR count). The van der Waals surface area contributed by atoms with Crippen LogP contribution in [0.25, 0.3) is 10.8 Å². The third kappa shape index (κ3) is 3.76. The Balaban J connectivity index is 1.44. The molecule has 1 aromatic heterocycles. The highest BCUT2D eigenvalue weighted by Crippen LogP contribution is 2.27. The Hall–Kier alpha value is -2.22. The van der Waals surface area contributed by atoms with E-state index in [1.54, 1.807) is 12.1 Å². The third-order valence-electron chi connectivity index (χ3n) is 4.97. The Morgan fingerprint density at radius 2 is 1.89 bits per heavy atom. The van der Waals surface area contributed by atoms with Crippen LogP contribution in [0.1, 0.15) is 23.2 Å². The largest absolute Gasteiger partial charge is 0.356 e. The number of fused-ring (bicyclic) bond motifs is 1. The zero-order chi connectivity index (χ0) is 18.8. The lowest BCUT2D eigenvalue weighted by molar-refractivity contribution is 0.0926. The van der Waals surface area contributed by atoms with Crippen LogP contribution in [0, 0.1) is 9.39 Å². The summed E-state index contributed by atoms with van der Waals surface area (Å²) in [6.45, 7) is 1.61. The Labute approximate surface area is 170 Å². The predicted molar refractivity (Wildman–Crippen MR) is 114 cm³/mol. The average molecular weight is 475 g/mol. The summed E-state index contributed by atoms with van der Waals surface area (Å²) in [5.41, 5.74) is 0.135. The number of nitrogens with one attached hydrogen (secondary N) is 1. The van der Waals surface area contributed by atoms with Gasteiger partial charge in [0, 0.05) is 34.3 Å². The first-order chi connectivity index (χ1) is 13.1. The van der Waals surface area contributed by atoms with Gasteiger partial charge in [0.15, 0.2) is 0 Å². The monoisotopic (exact) mass is 475 g/mol. The average Bonchev–Trinajstić information content (AvgIpc) is 2.68. The van der Waals surface area contributed by atoms with E-state index in [9.17, 15) is 9.18 Å². The molecule has 1 aliphatic rings. The molecule has 138 valence electrons. The maximum absolute atomic E-state index is 14.0. The van der Waals surface area contributed by atoms with Gasteiger partial charge in [-0.25, -0.2) is 9.37 Å². The number of benzene rings is 2. The van der Waals surface area contributed by atoms with Crippen LogP contribution in [0.3, 0.4) is 0 Å². The SMILES string of the molecule is O=C(NC1CCN(c2nccc3ccccc23)CC1)c1c(F)cccc1I. The highest BCUT2D eigenvalue weighted by molar-refractivity contribution is 14.1. The van der Waals surface area contributed by atoms with Gasteiger partial charge in [0.1, 0.15) is 11.6 Å². The van der Waals surface area contributed by atoms with E-state index in [2.05, 4.69) is 27.3 Å². The quantitative estimate of drug-likeness (QED) is 0.573. The second kappa shape index (κ2) is 7.80. The van der Waals surface area contributed by atoms with E-state index in [1.807, 2.05) is 47.0 Å². The highest BCUT2D eigenvalue weighted by atomic mass is 127. The van der Waals surface area contributed by atoms with Crippen molar-refractivity contribution >= 4 is 45.1 Å². The molecule has 0 unspecified atom stereocenters. The van der Waals surface area contributed by atoms with Gasteiger partial charge < -0.3 is 10.2 Å². The molecule has 1 saturated heterocycles. The van der Waals surface area contributed by atoms with Gasteiger partial charge >= 0.3 is 0 Å². The van der Waals surface area contributed by atoms with E-state index in [0.29, 0.717) is 3.57 Å². The minimum atomic E-state index is -0.475. The van der Waals surface area contributed by atoms with Crippen molar-refractivity contribution in [3.8, 4) is 0 Å². The van der Waals surface area contributed by atoms with Gasteiger partial charge in [-0.05, 0) is 59.0 Å². The molecule has 0 bridgehead atoms. The highest BCUT2D eigenvalue weighted by Gasteiger charge is 2.24. The lowest BCUT2D eigenvalue weighted by Crippen LogP contribution is -2.45. The van der Waals surface area contributed by atoms with Crippen molar-refractivity contribution in [1.29, 1.82) is 0 Å². The Morgan fingerprint density at radius 1 is 1.11 bits per heavy atom. The van der Waals surface area contributed by atoms with Crippen molar-refractivity contribution in [2.75, 3.05) is 18.0 Å². The van der Waals surface area contributed by atoms with Crippen molar-refractivity contribution < 1.29 is 9.18 Å². The van der Waals surface area contributed by atoms with Crippen LogP contribution in [-0.2, 0) is 0 Å². The first kappa shape index (κ1) is 18.2. The smallest absolute Gasteiger partial charge is 0.255 e. The molecule has 2 aromatic carbocycles. The van der Waals surface area contributed by atoms with E-state index < -0.39 is 5.82 Å². The summed E-state index contributed by atoms with van der Waals surface area (Å²) in [7, 11) is 0. The first-order valence-corrected chi connectivity index (χ1v) is 10.0. The van der Waals surface area contributed by atoms with Crippen molar-refractivity contribution in [3.63, 3.8) is 0 Å². The van der Waals surface area contributed by atoms with Gasteiger partial charge in [0.25, 0.3) is 5.91 Å². The van der Waals surface area contributed by atoms with E-state index in [0.717, 1.165) is 37.1 Å². The van der Waals surface area contributed by atoms with Gasteiger partial charge in [-0.2, -0.15) is 0 Å². The molecule has 6 heteroatoms. The number of hydrogen-bond donors (Lipinski definition) is 1. The summed E-state index contributed by atoms with van der Waals surface area (Å²) in [4.78, 5) is 19.3. The molecular formula is C21H19FIN3O. The molecule has 0 aliphatic carbocycles. The van der Waals surface area contributed by atoms with Crippen molar-refractivity contribution in [2.45, 2.75) is 18.9 Å². The summed E-state index contributed by atoms with van der Waals surface area (Å²) in [5, 5.41) is 5.31. The number of rotatable bonds is 3. The van der Waals surface area contributed by atoms with Crippen LogP contribution in [0.2, 0.25) is 0 Å². The number of hydrogen-bond acceptors (Lipinski definition) is 3. The number of aromatic nitrogens is 1. The summed E-state index contributed by atoms with van der Waals surface area (Å²) in [6, 6.07) is 15.0. The van der Waals surface area contributed by atoms with Crippen LogP contribution < -0.4 is 10.2 Å². The Bertz CT molecular complexity index is 961. The van der Waals surface area contributed by atoms with Gasteiger partial charge in [-0.1, -0.05) is 30.3 Å². The molecule has 4 nitrogen and oxygen atoms in total. The van der Waals surface area contributed by atoms with E-state index in [1.165, 1.54) is 11.5 Å².